The Balaban J connectivity index is 1.67. The Morgan fingerprint density at radius 2 is 1.92 bits per heavy atom. The number of ether oxygens (including phenoxy) is 3. The molecular formula is C28H27N3O7. The van der Waals surface area contributed by atoms with Crippen LogP contribution in [0.25, 0.3) is 16.6 Å². The van der Waals surface area contributed by atoms with Crippen LogP contribution in [0, 0.1) is 6.57 Å². The van der Waals surface area contributed by atoms with Crippen molar-refractivity contribution in [3.63, 3.8) is 0 Å². The molecule has 10 heteroatoms. The number of aliphatic carboxylic acids is 1. The van der Waals surface area contributed by atoms with Crippen LogP contribution in [0.5, 0.6) is 17.2 Å². The summed E-state index contributed by atoms with van der Waals surface area (Å²) in [7, 11) is 4.81. The molecule has 2 heterocycles. The molecule has 1 aliphatic heterocycles. The topological polar surface area (TPSA) is 115 Å². The number of hydrogen-bond donors (Lipinski definition) is 2. The van der Waals surface area contributed by atoms with Crippen molar-refractivity contribution in [1.29, 1.82) is 0 Å². The molecule has 3 aromatic rings. The highest BCUT2D eigenvalue weighted by molar-refractivity contribution is 5.88. The summed E-state index contributed by atoms with van der Waals surface area (Å²) in [6.07, 6.45) is 3.65. The van der Waals surface area contributed by atoms with Crippen LogP contribution in [0.15, 0.2) is 53.1 Å². The van der Waals surface area contributed by atoms with E-state index in [1.807, 2.05) is 30.2 Å². The lowest BCUT2D eigenvalue weighted by Gasteiger charge is -2.23. The molecule has 10 nitrogen and oxygen atoms in total. The van der Waals surface area contributed by atoms with Crippen LogP contribution in [0.1, 0.15) is 34.9 Å². The van der Waals surface area contributed by atoms with Gasteiger partial charge in [-0.05, 0) is 41.5 Å². The van der Waals surface area contributed by atoms with Gasteiger partial charge in [0.2, 0.25) is 11.7 Å². The van der Waals surface area contributed by atoms with Crippen molar-refractivity contribution in [3.8, 4) is 17.2 Å². The molecule has 4 rings (SSSR count). The number of rotatable bonds is 10. The van der Waals surface area contributed by atoms with E-state index in [2.05, 4.69) is 10.2 Å². The lowest BCUT2D eigenvalue weighted by Crippen LogP contribution is -2.27. The second-order valence-electron chi connectivity index (χ2n) is 8.54. The van der Waals surface area contributed by atoms with E-state index in [1.54, 1.807) is 36.6 Å². The molecule has 0 spiro atoms. The van der Waals surface area contributed by atoms with Gasteiger partial charge in [0.15, 0.2) is 23.8 Å². The number of carboxylic acids is 1. The van der Waals surface area contributed by atoms with Gasteiger partial charge in [-0.25, -0.2) is 9.64 Å². The lowest BCUT2D eigenvalue weighted by atomic mass is 10.00. The Bertz CT molecular complexity index is 1380. The summed E-state index contributed by atoms with van der Waals surface area (Å²) in [5.41, 5.74) is 3.81. The number of hydrogen-bond acceptors (Lipinski definition) is 7. The zero-order chi connectivity index (χ0) is 27.2. The van der Waals surface area contributed by atoms with Gasteiger partial charge in [-0.2, -0.15) is 0 Å². The normalized spacial score (nSPS) is 15.1. The second-order valence-corrected chi connectivity index (χ2v) is 8.54. The zero-order valence-electron chi connectivity index (χ0n) is 21.2. The van der Waals surface area contributed by atoms with Gasteiger partial charge in [-0.1, -0.05) is 18.2 Å². The van der Waals surface area contributed by atoms with Crippen molar-refractivity contribution in [3.05, 3.63) is 82.6 Å². The first kappa shape index (κ1) is 26.2. The van der Waals surface area contributed by atoms with Gasteiger partial charge >= 0.3 is 5.97 Å². The molecule has 1 unspecified atom stereocenters. The third-order valence-electron chi connectivity index (χ3n) is 6.19. The number of furan rings is 1. The molecule has 1 aliphatic rings. The average molecular weight is 518 g/mol. The first-order valence-electron chi connectivity index (χ1n) is 11.7. The second kappa shape index (κ2) is 11.4. The van der Waals surface area contributed by atoms with Crippen molar-refractivity contribution in [2.45, 2.75) is 19.0 Å². The van der Waals surface area contributed by atoms with E-state index in [4.69, 9.17) is 30.3 Å². The number of nitrogens with one attached hydrogen (secondary N) is 1. The summed E-state index contributed by atoms with van der Waals surface area (Å²) >= 11 is 0. The molecule has 0 saturated heterocycles. The minimum Gasteiger partial charge on any atom is -0.493 e. The molecule has 1 atom stereocenters. The molecule has 2 N–H and O–H groups in total. The molecule has 0 aliphatic carbocycles. The zero-order valence-corrected chi connectivity index (χ0v) is 21.2. The summed E-state index contributed by atoms with van der Waals surface area (Å²) in [4.78, 5) is 29.4. The van der Waals surface area contributed by atoms with Crippen molar-refractivity contribution in [2.75, 3.05) is 27.9 Å². The van der Waals surface area contributed by atoms with Crippen LogP contribution in [-0.4, -0.2) is 49.8 Å². The molecule has 0 radical (unpaired) electrons. The Morgan fingerprint density at radius 1 is 1.18 bits per heavy atom. The van der Waals surface area contributed by atoms with E-state index in [1.165, 1.54) is 14.2 Å². The van der Waals surface area contributed by atoms with Gasteiger partial charge in [-0.15, -0.1) is 0 Å². The predicted molar refractivity (Wildman–Crippen MR) is 139 cm³/mol. The first-order chi connectivity index (χ1) is 18.3. The maximum atomic E-state index is 12.8. The van der Waals surface area contributed by atoms with Gasteiger partial charge in [0, 0.05) is 18.3 Å². The van der Waals surface area contributed by atoms with Crippen LogP contribution in [0.4, 0.5) is 5.69 Å². The van der Waals surface area contributed by atoms with Crippen LogP contribution in [0.2, 0.25) is 0 Å². The fourth-order valence-corrected chi connectivity index (χ4v) is 4.39. The first-order valence-corrected chi connectivity index (χ1v) is 11.7. The number of nitrogens with zero attached hydrogens (tertiary/aromatic N) is 2. The minimum atomic E-state index is -1.12. The molecule has 196 valence electrons. The quantitative estimate of drug-likeness (QED) is 0.378. The fraction of sp³-hybridized carbons (Fsp3) is 0.250. The Hall–Kier alpha value is -4.91. The summed E-state index contributed by atoms with van der Waals surface area (Å²) in [5.74, 6) is 0.205. The predicted octanol–water partition coefficient (Wildman–Crippen LogP) is 4.50. The summed E-state index contributed by atoms with van der Waals surface area (Å²) in [6.45, 7) is 7.18. The smallest absolute Gasteiger partial charge is 0.341 e. The molecule has 2 aromatic carbocycles. The number of benzene rings is 2. The van der Waals surface area contributed by atoms with Crippen LogP contribution >= 0.6 is 0 Å². The van der Waals surface area contributed by atoms with Gasteiger partial charge in [0.25, 0.3) is 0 Å². The number of carboxylic acid groups (broad SMARTS) is 1. The summed E-state index contributed by atoms with van der Waals surface area (Å²) in [6, 6.07) is 12.1. The van der Waals surface area contributed by atoms with E-state index in [-0.39, 0.29) is 30.7 Å². The Kier molecular flexibility index (Phi) is 7.87. The van der Waals surface area contributed by atoms with Crippen LogP contribution in [0.3, 0.4) is 0 Å². The summed E-state index contributed by atoms with van der Waals surface area (Å²) in [5, 5.41) is 11.9. The molecule has 0 fully saturated rings. The number of carbonyl (C=O) groups excluding carboxylic acids is 1. The third-order valence-corrected chi connectivity index (χ3v) is 6.19. The van der Waals surface area contributed by atoms with Crippen molar-refractivity contribution >= 4 is 29.3 Å². The van der Waals surface area contributed by atoms with Crippen LogP contribution < -0.4 is 19.5 Å². The lowest BCUT2D eigenvalue weighted by molar-refractivity contribution is -0.139. The van der Waals surface area contributed by atoms with Gasteiger partial charge in [0.05, 0.1) is 46.1 Å². The Morgan fingerprint density at radius 3 is 2.53 bits per heavy atom. The maximum absolute atomic E-state index is 12.8. The van der Waals surface area contributed by atoms with Gasteiger partial charge in [-0.3, -0.25) is 4.79 Å². The molecule has 38 heavy (non-hydrogen) atoms. The van der Waals surface area contributed by atoms with Crippen LogP contribution in [-0.2, 0) is 16.1 Å². The molecular weight excluding hydrogens is 490 g/mol. The number of amides is 1. The number of fused-ring (bicyclic) bond motifs is 1. The minimum absolute atomic E-state index is 0.151. The monoisotopic (exact) mass is 517 g/mol. The SMILES string of the molecule is [C-]#[N+]c1ccc2c(c1)C(CC(=O)NCc1ccco1)N(C)/C2=C/c1cc(OC)c(OCC(=O)O)c(OC)c1. The van der Waals surface area contributed by atoms with Crippen molar-refractivity contribution in [1.82, 2.24) is 10.2 Å². The molecule has 1 amide bonds. The third kappa shape index (κ3) is 5.57. The van der Waals surface area contributed by atoms with Crippen molar-refractivity contribution in [2.24, 2.45) is 0 Å². The molecule has 1 aromatic heterocycles. The van der Waals surface area contributed by atoms with E-state index < -0.39 is 12.6 Å². The highest BCUT2D eigenvalue weighted by Gasteiger charge is 2.33. The standard InChI is InChI=1S/C28H27N3O7/c1-29-18-7-8-20-21(13-18)23(14-26(32)30-15-19-6-5-9-37-19)31(2)22(20)10-17-11-24(35-3)28(25(12-17)36-4)38-16-27(33)34/h5-13,23H,14-16H2,2-4H3,(H,30,32)(H,33,34)/b22-10+. The molecule has 0 saturated carbocycles. The van der Waals surface area contributed by atoms with E-state index in [9.17, 15) is 9.59 Å². The van der Waals surface area contributed by atoms with Gasteiger partial charge in [0.1, 0.15) is 5.76 Å². The number of methoxy groups -OCH3 is 2. The van der Waals surface area contributed by atoms with Crippen molar-refractivity contribution < 1.29 is 33.3 Å². The van der Waals surface area contributed by atoms with E-state index in [0.29, 0.717) is 28.5 Å². The fourth-order valence-electron chi connectivity index (χ4n) is 4.39. The average Bonchev–Trinajstić information content (AvgIpc) is 3.53. The number of carbonyl (C=O) groups is 2. The highest BCUT2D eigenvalue weighted by atomic mass is 16.5. The van der Waals surface area contributed by atoms with E-state index in [0.717, 1.165) is 16.8 Å². The van der Waals surface area contributed by atoms with E-state index >= 15 is 0 Å². The van der Waals surface area contributed by atoms with Gasteiger partial charge < -0.3 is 34.0 Å². The summed E-state index contributed by atoms with van der Waals surface area (Å²) < 4.78 is 21.6. The maximum Gasteiger partial charge on any atom is 0.341 e. The highest BCUT2D eigenvalue weighted by Crippen LogP contribution is 2.45. The molecule has 0 bridgehead atoms. The Labute approximate surface area is 219 Å². The largest absolute Gasteiger partial charge is 0.493 e.